The molecule has 28 heavy (non-hydrogen) atoms. The van der Waals surface area contributed by atoms with E-state index in [0.29, 0.717) is 23.9 Å². The number of nitrogens with zero attached hydrogens (tertiary/aromatic N) is 2. The Hall–Kier alpha value is -2.34. The monoisotopic (exact) mass is 401 g/mol. The van der Waals surface area contributed by atoms with Gasteiger partial charge in [0.2, 0.25) is 0 Å². The predicted molar refractivity (Wildman–Crippen MR) is 108 cm³/mol. The molecule has 0 amide bonds. The second-order valence-corrected chi connectivity index (χ2v) is 7.79. The van der Waals surface area contributed by atoms with E-state index in [1.807, 2.05) is 26.0 Å². The molecule has 3 heterocycles. The van der Waals surface area contributed by atoms with Gasteiger partial charge in [-0.05, 0) is 38.0 Å². The van der Waals surface area contributed by atoms with Crippen LogP contribution < -0.4 is 4.74 Å². The minimum atomic E-state index is -0.521. The number of halogens is 1. The molecule has 2 aromatic rings. The third kappa shape index (κ3) is 3.20. The first-order chi connectivity index (χ1) is 13.5. The normalized spacial score (nSPS) is 22.9. The first-order valence-corrected chi connectivity index (χ1v) is 10.2. The van der Waals surface area contributed by atoms with Crippen molar-refractivity contribution in [2.45, 2.75) is 52.1 Å². The standard InChI is InChI=1S/C21H24ClN3O3/c1-4-6-16-18(21(26)27-5-2)17(15-10-23-25-20(15)24-16)14-9-13(22)8-12-7-11(3)28-19(12)14/h8-11,17-18H,4-7H2,1-3H3,(H,23,25). The number of aromatic nitrogens is 2. The van der Waals surface area contributed by atoms with Gasteiger partial charge < -0.3 is 9.47 Å². The van der Waals surface area contributed by atoms with Gasteiger partial charge in [-0.2, -0.15) is 5.10 Å². The number of aromatic amines is 1. The topological polar surface area (TPSA) is 76.6 Å². The molecule has 0 saturated carbocycles. The van der Waals surface area contributed by atoms with Crippen LogP contribution in [-0.2, 0) is 16.0 Å². The van der Waals surface area contributed by atoms with Crippen LogP contribution in [0.3, 0.4) is 0 Å². The molecule has 1 aromatic heterocycles. The summed E-state index contributed by atoms with van der Waals surface area (Å²) in [6, 6.07) is 3.85. The minimum Gasteiger partial charge on any atom is -0.490 e. The Labute approximate surface area is 169 Å². The Balaban J connectivity index is 1.91. The summed E-state index contributed by atoms with van der Waals surface area (Å²) in [5.41, 5.74) is 3.64. The van der Waals surface area contributed by atoms with E-state index in [2.05, 4.69) is 17.1 Å². The fraction of sp³-hybridized carbons (Fsp3) is 0.476. The molecule has 7 heteroatoms. The fourth-order valence-electron chi connectivity index (χ4n) is 4.26. The van der Waals surface area contributed by atoms with E-state index in [0.717, 1.165) is 41.0 Å². The molecule has 0 fully saturated rings. The number of hydrogen-bond acceptors (Lipinski definition) is 5. The number of nitrogens with one attached hydrogen (secondary N) is 1. The van der Waals surface area contributed by atoms with Crippen LogP contribution in [0.4, 0.5) is 5.82 Å². The highest BCUT2D eigenvalue weighted by atomic mass is 35.5. The number of aliphatic imine (C=N–C) groups is 1. The number of carbonyl (C=O) groups is 1. The van der Waals surface area contributed by atoms with Gasteiger partial charge in [-0.15, -0.1) is 0 Å². The van der Waals surface area contributed by atoms with Gasteiger partial charge in [0.05, 0.1) is 12.8 Å². The van der Waals surface area contributed by atoms with Gasteiger partial charge >= 0.3 is 5.97 Å². The summed E-state index contributed by atoms with van der Waals surface area (Å²) >= 11 is 6.46. The average molecular weight is 402 g/mol. The molecular weight excluding hydrogens is 378 g/mol. The molecule has 0 aliphatic carbocycles. The van der Waals surface area contributed by atoms with Crippen molar-refractivity contribution in [3.63, 3.8) is 0 Å². The van der Waals surface area contributed by atoms with Crippen LogP contribution in [0.2, 0.25) is 5.02 Å². The number of H-pyrrole nitrogens is 1. The maximum atomic E-state index is 13.0. The van der Waals surface area contributed by atoms with E-state index in [9.17, 15) is 4.79 Å². The van der Waals surface area contributed by atoms with E-state index in [4.69, 9.17) is 26.1 Å². The van der Waals surface area contributed by atoms with Crippen LogP contribution in [-0.4, -0.2) is 34.6 Å². The Morgan fingerprint density at radius 3 is 2.93 bits per heavy atom. The molecule has 0 radical (unpaired) electrons. The number of esters is 1. The maximum Gasteiger partial charge on any atom is 0.315 e. The van der Waals surface area contributed by atoms with Crippen LogP contribution >= 0.6 is 11.6 Å². The number of rotatable bonds is 5. The van der Waals surface area contributed by atoms with Gasteiger partial charge in [-0.25, -0.2) is 4.99 Å². The van der Waals surface area contributed by atoms with Crippen molar-refractivity contribution in [3.05, 3.63) is 40.0 Å². The highest BCUT2D eigenvalue weighted by Gasteiger charge is 2.43. The minimum absolute atomic E-state index is 0.0736. The SMILES string of the molecule is CCCC1=Nc2[nH]ncc2C(c2cc(Cl)cc3c2OC(C)C3)C1C(=O)OCC. The molecule has 6 nitrogen and oxygen atoms in total. The van der Waals surface area contributed by atoms with Crippen LogP contribution in [0.25, 0.3) is 0 Å². The maximum absolute atomic E-state index is 13.0. The predicted octanol–water partition coefficient (Wildman–Crippen LogP) is 4.58. The molecule has 2 aliphatic rings. The lowest BCUT2D eigenvalue weighted by Gasteiger charge is -2.31. The van der Waals surface area contributed by atoms with Crippen molar-refractivity contribution in [1.29, 1.82) is 0 Å². The zero-order valence-corrected chi connectivity index (χ0v) is 17.0. The summed E-state index contributed by atoms with van der Waals surface area (Å²) < 4.78 is 11.6. The average Bonchev–Trinajstić information content (AvgIpc) is 3.25. The number of hydrogen-bond donors (Lipinski definition) is 1. The van der Waals surface area contributed by atoms with Gasteiger partial charge in [0, 0.05) is 34.2 Å². The van der Waals surface area contributed by atoms with Crippen molar-refractivity contribution in [2.75, 3.05) is 6.61 Å². The largest absolute Gasteiger partial charge is 0.490 e. The lowest BCUT2D eigenvalue weighted by molar-refractivity contribution is -0.146. The highest BCUT2D eigenvalue weighted by molar-refractivity contribution is 6.30. The smallest absolute Gasteiger partial charge is 0.315 e. The van der Waals surface area contributed by atoms with Gasteiger partial charge in [0.25, 0.3) is 0 Å². The highest BCUT2D eigenvalue weighted by Crippen LogP contribution is 2.48. The molecule has 1 aromatic carbocycles. The number of carbonyl (C=O) groups excluding carboxylic acids is 1. The molecule has 3 atom stereocenters. The Kier molecular flexibility index (Phi) is 5.15. The molecule has 0 spiro atoms. The molecule has 4 rings (SSSR count). The molecule has 148 valence electrons. The number of ether oxygens (including phenoxy) is 2. The van der Waals surface area contributed by atoms with E-state index in [1.54, 1.807) is 6.20 Å². The van der Waals surface area contributed by atoms with Gasteiger partial charge in [-0.3, -0.25) is 9.89 Å². The van der Waals surface area contributed by atoms with E-state index >= 15 is 0 Å². The third-order valence-corrected chi connectivity index (χ3v) is 5.52. The lowest BCUT2D eigenvalue weighted by Crippen LogP contribution is -2.34. The van der Waals surface area contributed by atoms with Gasteiger partial charge in [-0.1, -0.05) is 24.9 Å². The summed E-state index contributed by atoms with van der Waals surface area (Å²) in [4.78, 5) is 17.8. The summed E-state index contributed by atoms with van der Waals surface area (Å²) in [7, 11) is 0. The van der Waals surface area contributed by atoms with Crippen LogP contribution in [0, 0.1) is 5.92 Å². The van der Waals surface area contributed by atoms with Crippen LogP contribution in [0.1, 0.15) is 56.2 Å². The Morgan fingerprint density at radius 1 is 1.36 bits per heavy atom. The van der Waals surface area contributed by atoms with Crippen molar-refractivity contribution in [2.24, 2.45) is 10.9 Å². The molecule has 0 bridgehead atoms. The van der Waals surface area contributed by atoms with Crippen LogP contribution in [0.5, 0.6) is 5.75 Å². The summed E-state index contributed by atoms with van der Waals surface area (Å²) in [5.74, 6) is 0.415. The van der Waals surface area contributed by atoms with Crippen molar-refractivity contribution in [3.8, 4) is 5.75 Å². The summed E-state index contributed by atoms with van der Waals surface area (Å²) in [6.45, 7) is 6.25. The Morgan fingerprint density at radius 2 is 2.18 bits per heavy atom. The van der Waals surface area contributed by atoms with Gasteiger partial charge in [0.1, 0.15) is 17.8 Å². The van der Waals surface area contributed by atoms with Gasteiger partial charge in [0.15, 0.2) is 5.82 Å². The number of benzene rings is 1. The molecule has 0 saturated heterocycles. The zero-order valence-electron chi connectivity index (χ0n) is 16.3. The number of fused-ring (bicyclic) bond motifs is 2. The van der Waals surface area contributed by atoms with E-state index < -0.39 is 5.92 Å². The van der Waals surface area contributed by atoms with Crippen molar-refractivity contribution < 1.29 is 14.3 Å². The van der Waals surface area contributed by atoms with E-state index in [-0.39, 0.29) is 18.0 Å². The zero-order chi connectivity index (χ0) is 19.8. The second-order valence-electron chi connectivity index (χ2n) is 7.35. The van der Waals surface area contributed by atoms with E-state index in [1.165, 1.54) is 0 Å². The lowest BCUT2D eigenvalue weighted by atomic mass is 9.75. The Bertz CT molecular complexity index is 937. The first kappa shape index (κ1) is 19.0. The molecular formula is C21H24ClN3O3. The molecule has 1 N–H and O–H groups in total. The second kappa shape index (κ2) is 7.59. The third-order valence-electron chi connectivity index (χ3n) is 5.30. The van der Waals surface area contributed by atoms with Crippen molar-refractivity contribution >= 4 is 29.1 Å². The van der Waals surface area contributed by atoms with Crippen molar-refractivity contribution in [1.82, 2.24) is 10.2 Å². The summed E-state index contributed by atoms with van der Waals surface area (Å²) in [5, 5.41) is 7.79. The molecule has 2 aliphatic heterocycles. The quantitative estimate of drug-likeness (QED) is 0.743. The van der Waals surface area contributed by atoms with Crippen LogP contribution in [0.15, 0.2) is 23.3 Å². The first-order valence-electron chi connectivity index (χ1n) is 9.79. The molecule has 3 unspecified atom stereocenters. The summed E-state index contributed by atoms with van der Waals surface area (Å²) in [6.07, 6.45) is 4.20. The fourth-order valence-corrected chi connectivity index (χ4v) is 4.51.